The number of piperidine rings is 1. The first kappa shape index (κ1) is 5.38. The lowest BCUT2D eigenvalue weighted by Gasteiger charge is -2.34. The molecule has 5 heteroatoms. The summed E-state index contributed by atoms with van der Waals surface area (Å²) in [4.78, 5) is 23.3. The standard InChI is InChI=1S/C13H16N2O3/c16-13(17)12(10-6-2-1-3-7-10)11-8-4-5-9-15(11)14-18/h1-3,6-7,11-12H,4-5,8-9H2,(H,16,17)/i4D2,5D2,8D2,9D2,11D. The van der Waals surface area contributed by atoms with Gasteiger partial charge in [-0.15, -0.1) is 4.91 Å². The van der Waals surface area contributed by atoms with Gasteiger partial charge in [0.2, 0.25) is 0 Å². The van der Waals surface area contributed by atoms with Crippen molar-refractivity contribution in [1.29, 1.82) is 0 Å². The third-order valence-electron chi connectivity index (χ3n) is 2.38. The first-order valence-electron chi connectivity index (χ1n) is 9.53. The van der Waals surface area contributed by atoms with Gasteiger partial charge in [0.15, 0.2) is 0 Å². The minimum Gasteiger partial charge on any atom is -0.481 e. The zero-order chi connectivity index (χ0) is 21.1. The van der Waals surface area contributed by atoms with Crippen molar-refractivity contribution in [1.82, 2.24) is 5.01 Å². The molecular formula is C13H16N2O3. The molecule has 2 atom stereocenters. The Kier molecular flexibility index (Phi) is 1.68. The maximum Gasteiger partial charge on any atom is 0.313 e. The fourth-order valence-electron chi connectivity index (χ4n) is 1.61. The minimum absolute atomic E-state index is 0.202. The van der Waals surface area contributed by atoms with Crippen molar-refractivity contribution in [2.45, 2.75) is 31.1 Å². The van der Waals surface area contributed by atoms with Crippen molar-refractivity contribution in [3.63, 3.8) is 0 Å². The van der Waals surface area contributed by atoms with Crippen molar-refractivity contribution >= 4 is 5.97 Å². The number of carbonyl (C=O) groups is 1. The van der Waals surface area contributed by atoms with Crippen LogP contribution in [0.3, 0.4) is 0 Å². The van der Waals surface area contributed by atoms with Gasteiger partial charge in [-0.25, -0.2) is 0 Å². The number of hydrogen-bond donors (Lipinski definition) is 1. The largest absolute Gasteiger partial charge is 0.481 e. The molecule has 0 amide bonds. The highest BCUT2D eigenvalue weighted by Gasteiger charge is 2.35. The van der Waals surface area contributed by atoms with E-state index in [1.807, 2.05) is 0 Å². The number of carboxylic acid groups (broad SMARTS) is 1. The van der Waals surface area contributed by atoms with Crippen LogP contribution < -0.4 is 0 Å². The Bertz CT molecular complexity index is 759. The smallest absolute Gasteiger partial charge is 0.313 e. The Hall–Kier alpha value is -1.91. The molecule has 1 aliphatic rings. The van der Waals surface area contributed by atoms with Gasteiger partial charge in [0.1, 0.15) is 5.92 Å². The molecule has 5 nitrogen and oxygen atoms in total. The number of hydrogen-bond acceptors (Lipinski definition) is 3. The summed E-state index contributed by atoms with van der Waals surface area (Å²) in [6, 6.07) is 3.19. The van der Waals surface area contributed by atoms with E-state index < -0.39 is 48.5 Å². The monoisotopic (exact) mass is 257 g/mol. The van der Waals surface area contributed by atoms with Crippen LogP contribution in [0.4, 0.5) is 0 Å². The molecule has 2 rings (SSSR count). The van der Waals surface area contributed by atoms with Crippen LogP contribution in [-0.2, 0) is 4.79 Å². The van der Waals surface area contributed by atoms with E-state index in [-0.39, 0.29) is 5.56 Å². The van der Waals surface area contributed by atoms with Crippen LogP contribution in [0, 0.1) is 4.91 Å². The van der Waals surface area contributed by atoms with Crippen LogP contribution >= 0.6 is 0 Å². The molecule has 2 unspecified atom stereocenters. The zero-order valence-corrected chi connectivity index (χ0v) is 9.12. The molecule has 1 aromatic rings. The number of rotatable bonds is 4. The first-order valence-corrected chi connectivity index (χ1v) is 5.03. The average Bonchev–Trinajstić information content (AvgIpc) is 2.54. The van der Waals surface area contributed by atoms with Crippen LogP contribution in [0.25, 0.3) is 0 Å². The molecule has 1 N–H and O–H groups in total. The third kappa shape index (κ3) is 2.50. The topological polar surface area (TPSA) is 70.0 Å². The molecule has 0 aliphatic carbocycles. The molecule has 0 saturated carbocycles. The molecule has 1 aliphatic heterocycles. The highest BCUT2D eigenvalue weighted by molar-refractivity contribution is 5.77. The zero-order valence-electron chi connectivity index (χ0n) is 18.1. The highest BCUT2D eigenvalue weighted by Crippen LogP contribution is 2.30. The highest BCUT2D eigenvalue weighted by atomic mass is 16.4. The van der Waals surface area contributed by atoms with E-state index >= 15 is 0 Å². The normalized spacial score (nSPS) is 44.0. The predicted molar refractivity (Wildman–Crippen MR) is 67.0 cm³/mol. The van der Waals surface area contributed by atoms with E-state index in [4.69, 9.17) is 12.3 Å². The summed E-state index contributed by atoms with van der Waals surface area (Å²) < 4.78 is 71.8. The number of carboxylic acids is 1. The van der Waals surface area contributed by atoms with E-state index in [0.29, 0.717) is 0 Å². The molecule has 18 heavy (non-hydrogen) atoms. The molecule has 1 fully saturated rings. The SMILES string of the molecule is [2H]C1([2H])N(N=O)C([2H])(C(C(=O)O)c2ccccc2)C([2H])([2H])C([2H])([2H])C1([2H])[2H]. The summed E-state index contributed by atoms with van der Waals surface area (Å²) in [7, 11) is 0. The molecule has 0 spiro atoms. The summed E-state index contributed by atoms with van der Waals surface area (Å²) >= 11 is 0. The van der Waals surface area contributed by atoms with Gasteiger partial charge in [-0.3, -0.25) is 9.80 Å². The number of aliphatic carboxylic acids is 1. The third-order valence-corrected chi connectivity index (χ3v) is 2.38. The quantitative estimate of drug-likeness (QED) is 0.841. The second-order valence-corrected chi connectivity index (χ2v) is 3.45. The summed E-state index contributed by atoms with van der Waals surface area (Å²) in [6.45, 7) is -3.62. The van der Waals surface area contributed by atoms with Gasteiger partial charge in [-0.05, 0) is 24.7 Å². The number of nitrogens with zero attached hydrogens (tertiary/aromatic N) is 2. The minimum atomic E-state index is -3.69. The van der Waals surface area contributed by atoms with Gasteiger partial charge in [-0.1, -0.05) is 30.3 Å². The fourth-order valence-corrected chi connectivity index (χ4v) is 1.61. The van der Waals surface area contributed by atoms with Gasteiger partial charge < -0.3 is 5.11 Å². The Morgan fingerprint density at radius 3 is 2.83 bits per heavy atom. The van der Waals surface area contributed by atoms with Crippen LogP contribution in [0.15, 0.2) is 35.6 Å². The lowest BCUT2D eigenvalue weighted by molar-refractivity contribution is -0.141. The van der Waals surface area contributed by atoms with Crippen molar-refractivity contribution < 1.29 is 22.2 Å². The molecule has 0 radical (unpaired) electrons. The molecule has 96 valence electrons. The van der Waals surface area contributed by atoms with E-state index in [1.165, 1.54) is 30.3 Å². The van der Waals surface area contributed by atoms with Crippen LogP contribution in [0.5, 0.6) is 0 Å². The van der Waals surface area contributed by atoms with Crippen molar-refractivity contribution in [2.75, 3.05) is 6.50 Å². The van der Waals surface area contributed by atoms with E-state index in [0.717, 1.165) is 0 Å². The summed E-state index contributed by atoms with van der Waals surface area (Å²) in [5.74, 6) is -4.09. The Balaban J connectivity index is 2.91. The molecule has 0 aromatic heterocycles. The summed E-state index contributed by atoms with van der Waals surface area (Å²) in [5, 5.41) is 11.5. The van der Waals surface area contributed by atoms with Crippen molar-refractivity contribution in [2.24, 2.45) is 5.29 Å². The Labute approximate surface area is 118 Å². The van der Waals surface area contributed by atoms with Crippen LogP contribution in [-0.4, -0.2) is 28.6 Å². The van der Waals surface area contributed by atoms with Gasteiger partial charge in [0, 0.05) is 14.7 Å². The van der Waals surface area contributed by atoms with Gasteiger partial charge in [-0.2, -0.15) is 0 Å². The summed E-state index contributed by atoms with van der Waals surface area (Å²) in [6.07, 6.45) is -11.0. The van der Waals surface area contributed by atoms with E-state index in [1.54, 1.807) is 0 Å². The van der Waals surface area contributed by atoms with Crippen LogP contribution in [0.2, 0.25) is 0 Å². The second-order valence-electron chi connectivity index (χ2n) is 3.45. The average molecular weight is 257 g/mol. The Morgan fingerprint density at radius 1 is 1.50 bits per heavy atom. The van der Waals surface area contributed by atoms with E-state index in [9.17, 15) is 14.8 Å². The molecule has 1 heterocycles. The second kappa shape index (κ2) is 5.62. The molecule has 0 bridgehead atoms. The van der Waals surface area contributed by atoms with Crippen LogP contribution in [0.1, 0.15) is 42.9 Å². The lowest BCUT2D eigenvalue weighted by Crippen LogP contribution is -2.42. The predicted octanol–water partition coefficient (Wildman–Crippen LogP) is 2.39. The van der Waals surface area contributed by atoms with Crippen molar-refractivity contribution in [3.8, 4) is 0 Å². The number of nitroso groups, excluding NO2 is 1. The maximum absolute atomic E-state index is 11.9. The Morgan fingerprint density at radius 2 is 2.22 bits per heavy atom. The van der Waals surface area contributed by atoms with Crippen molar-refractivity contribution in [3.05, 3.63) is 40.8 Å². The van der Waals surface area contributed by atoms with Gasteiger partial charge in [0.25, 0.3) is 0 Å². The lowest BCUT2D eigenvalue weighted by atomic mass is 9.86. The van der Waals surface area contributed by atoms with Gasteiger partial charge in [0.05, 0.1) is 15.4 Å². The molecular weight excluding hydrogens is 232 g/mol. The van der Waals surface area contributed by atoms with Gasteiger partial charge >= 0.3 is 5.97 Å². The first-order chi connectivity index (χ1) is 12.1. The summed E-state index contributed by atoms with van der Waals surface area (Å²) in [5.41, 5.74) is -0.202. The maximum atomic E-state index is 11.9. The van der Waals surface area contributed by atoms with E-state index in [2.05, 4.69) is 5.29 Å². The molecule has 1 saturated heterocycles. The molecule has 1 aromatic carbocycles. The number of benzene rings is 1. The fraction of sp³-hybridized carbons (Fsp3) is 0.462.